The Morgan fingerprint density at radius 1 is 0.946 bits per heavy atom. The molecule has 0 saturated carbocycles. The molecule has 0 radical (unpaired) electrons. The number of carbonyl (C=O) groups is 1. The Balaban J connectivity index is 1.34. The number of aromatic hydroxyl groups is 1. The molecular formula is C30H24N5O2+. The maximum absolute atomic E-state index is 12.4. The van der Waals surface area contributed by atoms with Gasteiger partial charge in [-0.2, -0.15) is 0 Å². The summed E-state index contributed by atoms with van der Waals surface area (Å²) in [5.41, 5.74) is 6.07. The molecule has 0 bridgehead atoms. The summed E-state index contributed by atoms with van der Waals surface area (Å²) in [5, 5.41) is 18.6. The lowest BCUT2D eigenvalue weighted by Gasteiger charge is -2.07. The zero-order valence-electron chi connectivity index (χ0n) is 20.2. The van der Waals surface area contributed by atoms with Gasteiger partial charge in [0.2, 0.25) is 0 Å². The summed E-state index contributed by atoms with van der Waals surface area (Å²) in [6.45, 7) is 2.32. The first-order valence-electron chi connectivity index (χ1n) is 12.0. The molecule has 1 amide bonds. The van der Waals surface area contributed by atoms with E-state index in [1.807, 2.05) is 72.5 Å². The Labute approximate surface area is 213 Å². The van der Waals surface area contributed by atoms with Crippen molar-refractivity contribution < 1.29 is 14.3 Å². The Morgan fingerprint density at radius 3 is 2.49 bits per heavy atom. The van der Waals surface area contributed by atoms with Crippen molar-refractivity contribution in [3.63, 3.8) is 0 Å². The third-order valence-corrected chi connectivity index (χ3v) is 6.45. The molecule has 2 N–H and O–H groups in total. The topological polar surface area (TPSA) is 84.1 Å². The van der Waals surface area contributed by atoms with Crippen LogP contribution in [0, 0.1) is 6.92 Å². The molecular weight excluding hydrogens is 462 g/mol. The Kier molecular flexibility index (Phi) is 5.58. The number of benzene rings is 3. The van der Waals surface area contributed by atoms with Crippen LogP contribution in [0.25, 0.3) is 33.4 Å². The van der Waals surface area contributed by atoms with Gasteiger partial charge >= 0.3 is 0 Å². The normalized spacial score (nSPS) is 11.2. The van der Waals surface area contributed by atoms with Crippen LogP contribution in [0.2, 0.25) is 0 Å². The number of rotatable bonds is 5. The number of amides is 1. The first-order chi connectivity index (χ1) is 18.1. The molecule has 3 aromatic heterocycles. The van der Waals surface area contributed by atoms with E-state index < -0.39 is 0 Å². The second-order valence-electron chi connectivity index (χ2n) is 8.86. The molecule has 0 saturated heterocycles. The van der Waals surface area contributed by atoms with Gasteiger partial charge in [-0.15, -0.1) is 0 Å². The maximum Gasteiger partial charge on any atom is 0.280 e. The predicted molar refractivity (Wildman–Crippen MR) is 141 cm³/mol. The van der Waals surface area contributed by atoms with Crippen molar-refractivity contribution in [2.24, 2.45) is 0 Å². The van der Waals surface area contributed by atoms with E-state index in [2.05, 4.69) is 27.9 Å². The fraction of sp³-hybridized carbons (Fsp3) is 0.0667. The summed E-state index contributed by atoms with van der Waals surface area (Å²) < 4.78 is 4.00. The average molecular weight is 487 g/mol. The smallest absolute Gasteiger partial charge is 0.280 e. The molecule has 0 aliphatic rings. The van der Waals surface area contributed by atoms with Crippen LogP contribution in [-0.4, -0.2) is 25.8 Å². The summed E-state index contributed by atoms with van der Waals surface area (Å²) in [4.78, 5) is 17.2. The highest BCUT2D eigenvalue weighted by Gasteiger charge is 2.22. The summed E-state index contributed by atoms with van der Waals surface area (Å²) in [5.74, 6) is 0.507. The van der Waals surface area contributed by atoms with E-state index in [4.69, 9.17) is 10.1 Å². The van der Waals surface area contributed by atoms with Crippen LogP contribution in [0.3, 0.4) is 0 Å². The van der Waals surface area contributed by atoms with Crippen molar-refractivity contribution in [2.75, 3.05) is 0 Å². The zero-order valence-corrected chi connectivity index (χ0v) is 20.2. The van der Waals surface area contributed by atoms with Gasteiger partial charge < -0.3 is 10.4 Å². The number of aryl methyl sites for hydroxylation is 1. The third kappa shape index (κ3) is 4.16. The van der Waals surface area contributed by atoms with Crippen LogP contribution < -0.4 is 9.72 Å². The number of phenols is 1. The van der Waals surface area contributed by atoms with E-state index in [-0.39, 0.29) is 17.2 Å². The van der Waals surface area contributed by atoms with Crippen molar-refractivity contribution in [1.82, 2.24) is 20.1 Å². The summed E-state index contributed by atoms with van der Waals surface area (Å²) >= 11 is 0. The van der Waals surface area contributed by atoms with Gasteiger partial charge in [0.05, 0.1) is 22.7 Å². The lowest BCUT2D eigenvalue weighted by Crippen LogP contribution is -2.23. The van der Waals surface area contributed by atoms with Gasteiger partial charge in [-0.25, -0.2) is 4.40 Å². The molecule has 0 aliphatic carbocycles. The number of nitrogens with one attached hydrogen (secondary N) is 1. The second-order valence-corrected chi connectivity index (χ2v) is 8.86. The fourth-order valence-electron chi connectivity index (χ4n) is 4.52. The molecule has 7 nitrogen and oxygen atoms in total. The predicted octanol–water partition coefficient (Wildman–Crippen LogP) is 4.77. The van der Waals surface area contributed by atoms with Crippen LogP contribution >= 0.6 is 0 Å². The van der Waals surface area contributed by atoms with Crippen LogP contribution in [-0.2, 0) is 6.54 Å². The third-order valence-electron chi connectivity index (χ3n) is 6.45. The molecule has 3 aromatic carbocycles. The van der Waals surface area contributed by atoms with E-state index in [9.17, 15) is 9.90 Å². The van der Waals surface area contributed by atoms with Gasteiger partial charge in [-0.1, -0.05) is 59.3 Å². The van der Waals surface area contributed by atoms with Crippen LogP contribution in [0.1, 0.15) is 21.7 Å². The number of pyridine rings is 2. The van der Waals surface area contributed by atoms with Crippen molar-refractivity contribution >= 4 is 22.5 Å². The highest BCUT2D eigenvalue weighted by Crippen LogP contribution is 2.25. The monoisotopic (exact) mass is 486 g/mol. The molecule has 3 heterocycles. The minimum Gasteiger partial charge on any atom is -0.507 e. The lowest BCUT2D eigenvalue weighted by molar-refractivity contribution is -0.519. The van der Waals surface area contributed by atoms with E-state index in [1.165, 1.54) is 6.07 Å². The first kappa shape index (κ1) is 22.4. The number of hydrogen-bond donors (Lipinski definition) is 2. The van der Waals surface area contributed by atoms with E-state index >= 15 is 0 Å². The van der Waals surface area contributed by atoms with Gasteiger partial charge in [-0.3, -0.25) is 9.78 Å². The molecule has 7 heteroatoms. The number of para-hydroxylation sites is 1. The highest BCUT2D eigenvalue weighted by molar-refractivity contribution is 5.96. The summed E-state index contributed by atoms with van der Waals surface area (Å²) in [6, 6.07) is 28.8. The number of fused-ring (bicyclic) bond motifs is 3. The molecule has 0 fully saturated rings. The van der Waals surface area contributed by atoms with Crippen LogP contribution in [0.4, 0.5) is 0 Å². The minimum atomic E-state index is -0.319. The minimum absolute atomic E-state index is 0.0362. The van der Waals surface area contributed by atoms with E-state index in [0.29, 0.717) is 6.54 Å². The number of phenolic OH excluding ortho intramolecular Hbond substituents is 1. The van der Waals surface area contributed by atoms with Crippen molar-refractivity contribution in [2.45, 2.75) is 13.5 Å². The second kappa shape index (κ2) is 9.20. The molecule has 180 valence electrons. The van der Waals surface area contributed by atoms with E-state index in [0.717, 1.165) is 44.8 Å². The molecule has 0 spiro atoms. The molecule has 37 heavy (non-hydrogen) atoms. The Hall–Kier alpha value is -5.04. The summed E-state index contributed by atoms with van der Waals surface area (Å²) in [6.07, 6.45) is 3.90. The number of nitrogens with zero attached hydrogens (tertiary/aromatic N) is 4. The first-order valence-corrected chi connectivity index (χ1v) is 12.0. The molecule has 0 unspecified atom stereocenters. The van der Waals surface area contributed by atoms with Crippen molar-refractivity contribution in [3.8, 4) is 22.6 Å². The van der Waals surface area contributed by atoms with E-state index in [1.54, 1.807) is 18.2 Å². The van der Waals surface area contributed by atoms with Gasteiger partial charge in [0, 0.05) is 30.3 Å². The highest BCUT2D eigenvalue weighted by atomic mass is 16.3. The molecule has 0 atom stereocenters. The quantitative estimate of drug-likeness (QED) is 0.344. The SMILES string of the molecule is Cc1nn(-c2ccc(CNC(=O)c3ccccc3O)cc2)c2c3cc(-c4ccccc4)cnc3cc[n+]12. The number of aromatic nitrogens is 4. The fourth-order valence-corrected chi connectivity index (χ4v) is 4.52. The zero-order chi connectivity index (χ0) is 25.4. The molecule has 6 rings (SSSR count). The van der Waals surface area contributed by atoms with Gasteiger partial charge in [0.15, 0.2) is 0 Å². The van der Waals surface area contributed by atoms with Crippen molar-refractivity contribution in [1.29, 1.82) is 0 Å². The number of carbonyl (C=O) groups excluding carboxylic acids is 1. The average Bonchev–Trinajstić information content (AvgIpc) is 3.29. The number of hydrogen-bond acceptors (Lipinski definition) is 4. The molecule has 0 aliphatic heterocycles. The van der Waals surface area contributed by atoms with Gasteiger partial charge in [0.25, 0.3) is 17.4 Å². The van der Waals surface area contributed by atoms with Crippen LogP contribution in [0.15, 0.2) is 103 Å². The maximum atomic E-state index is 12.4. The Morgan fingerprint density at radius 2 is 1.70 bits per heavy atom. The standard InChI is InChI=1S/C30H23N5O2/c1-20-33-35(24-13-11-21(12-14-24)18-32-29(37)25-9-5-6-10-28(25)36)30-26-17-23(22-7-3-2-4-8-22)19-31-27(26)15-16-34(20)30/h2-17,19H,18H2,1H3,(H-,32,36,37)/p+1. The Bertz CT molecular complexity index is 1760. The van der Waals surface area contributed by atoms with Crippen LogP contribution in [0.5, 0.6) is 5.75 Å². The largest absolute Gasteiger partial charge is 0.507 e. The van der Waals surface area contributed by atoms with Gasteiger partial charge in [-0.05, 0) is 47.5 Å². The van der Waals surface area contributed by atoms with Gasteiger partial charge in [0.1, 0.15) is 11.4 Å². The van der Waals surface area contributed by atoms with Crippen molar-refractivity contribution in [3.05, 3.63) is 120 Å². The molecule has 6 aromatic rings. The summed E-state index contributed by atoms with van der Waals surface area (Å²) in [7, 11) is 0. The lowest BCUT2D eigenvalue weighted by atomic mass is 10.1.